The molecule has 1 aliphatic rings. The third kappa shape index (κ3) is 1.73. The molecule has 0 spiro atoms. The molecule has 0 radical (unpaired) electrons. The first kappa shape index (κ1) is 10.5. The van der Waals surface area contributed by atoms with E-state index in [1.54, 1.807) is 24.4 Å². The summed E-state index contributed by atoms with van der Waals surface area (Å²) >= 11 is 0. The Balaban J connectivity index is 2.12. The van der Waals surface area contributed by atoms with E-state index < -0.39 is 5.91 Å². The highest BCUT2D eigenvalue weighted by molar-refractivity contribution is 5.96. The van der Waals surface area contributed by atoms with Crippen LogP contribution < -0.4 is 10.5 Å². The number of nitrogens with zero attached hydrogens (tertiary/aromatic N) is 1. The summed E-state index contributed by atoms with van der Waals surface area (Å²) in [5.41, 5.74) is 7.18. The van der Waals surface area contributed by atoms with E-state index in [-0.39, 0.29) is 0 Å². The Morgan fingerprint density at radius 2 is 1.94 bits per heavy atom. The van der Waals surface area contributed by atoms with E-state index in [9.17, 15) is 4.79 Å². The molecular formula is C14H10N2O2. The third-order valence-corrected chi connectivity index (χ3v) is 2.72. The molecule has 0 saturated heterocycles. The van der Waals surface area contributed by atoms with Gasteiger partial charge in [0, 0.05) is 17.3 Å². The van der Waals surface area contributed by atoms with E-state index in [2.05, 4.69) is 4.99 Å². The van der Waals surface area contributed by atoms with Crippen LogP contribution in [0.1, 0.15) is 15.9 Å². The van der Waals surface area contributed by atoms with E-state index in [0.29, 0.717) is 17.1 Å². The number of primary amides is 1. The summed E-state index contributed by atoms with van der Waals surface area (Å²) in [6.07, 6.45) is 1.67. The van der Waals surface area contributed by atoms with Crippen molar-refractivity contribution >= 4 is 17.8 Å². The van der Waals surface area contributed by atoms with Gasteiger partial charge in [-0.15, -0.1) is 0 Å². The Bertz CT molecular complexity index is 663. The highest BCUT2D eigenvalue weighted by Crippen LogP contribution is 2.35. The SMILES string of the molecule is NC(=O)c1ccc2c(c1)C=Nc1ccccc1O2. The van der Waals surface area contributed by atoms with Gasteiger partial charge in [-0.1, -0.05) is 12.1 Å². The van der Waals surface area contributed by atoms with Crippen molar-refractivity contribution in [1.29, 1.82) is 0 Å². The smallest absolute Gasteiger partial charge is 0.248 e. The van der Waals surface area contributed by atoms with Gasteiger partial charge in [-0.2, -0.15) is 0 Å². The summed E-state index contributed by atoms with van der Waals surface area (Å²) in [5.74, 6) is 0.890. The van der Waals surface area contributed by atoms with Gasteiger partial charge in [-0.3, -0.25) is 9.79 Å². The lowest BCUT2D eigenvalue weighted by atomic mass is 10.1. The normalized spacial score (nSPS) is 12.0. The summed E-state index contributed by atoms with van der Waals surface area (Å²) < 4.78 is 5.76. The fraction of sp³-hybridized carbons (Fsp3) is 0. The number of carbonyl (C=O) groups excluding carboxylic acids is 1. The average Bonchev–Trinajstić information content (AvgIpc) is 2.56. The molecule has 3 rings (SSSR count). The van der Waals surface area contributed by atoms with Gasteiger partial charge in [0.05, 0.1) is 0 Å². The van der Waals surface area contributed by atoms with Crippen LogP contribution in [0.2, 0.25) is 0 Å². The highest BCUT2D eigenvalue weighted by atomic mass is 16.5. The van der Waals surface area contributed by atoms with Crippen molar-refractivity contribution < 1.29 is 9.53 Å². The maximum atomic E-state index is 11.1. The molecule has 1 amide bonds. The highest BCUT2D eigenvalue weighted by Gasteiger charge is 2.12. The van der Waals surface area contributed by atoms with E-state index in [1.165, 1.54) is 0 Å². The van der Waals surface area contributed by atoms with Gasteiger partial charge >= 0.3 is 0 Å². The first-order valence-corrected chi connectivity index (χ1v) is 5.49. The van der Waals surface area contributed by atoms with Crippen molar-refractivity contribution in [3.63, 3.8) is 0 Å². The van der Waals surface area contributed by atoms with Gasteiger partial charge in [0.2, 0.25) is 5.91 Å². The lowest BCUT2D eigenvalue weighted by Gasteiger charge is -2.08. The number of aliphatic imine (C=N–C) groups is 1. The fourth-order valence-electron chi connectivity index (χ4n) is 1.80. The number of fused-ring (bicyclic) bond motifs is 2. The van der Waals surface area contributed by atoms with Gasteiger partial charge < -0.3 is 10.5 Å². The van der Waals surface area contributed by atoms with Crippen LogP contribution in [0.3, 0.4) is 0 Å². The zero-order valence-electron chi connectivity index (χ0n) is 9.46. The molecule has 1 heterocycles. The van der Waals surface area contributed by atoms with Crippen molar-refractivity contribution in [3.05, 3.63) is 53.6 Å². The van der Waals surface area contributed by atoms with E-state index in [0.717, 1.165) is 11.3 Å². The van der Waals surface area contributed by atoms with Crippen LogP contribution in [0.15, 0.2) is 47.5 Å². The topological polar surface area (TPSA) is 64.7 Å². The number of carbonyl (C=O) groups is 1. The Hall–Kier alpha value is -2.62. The molecule has 18 heavy (non-hydrogen) atoms. The molecule has 0 aliphatic carbocycles. The van der Waals surface area contributed by atoms with Crippen LogP contribution in [0.25, 0.3) is 0 Å². The summed E-state index contributed by atoms with van der Waals surface area (Å²) in [6, 6.07) is 12.5. The molecule has 2 N–H and O–H groups in total. The predicted octanol–water partition coefficient (Wildman–Crippen LogP) is 2.64. The van der Waals surface area contributed by atoms with Crippen molar-refractivity contribution in [2.24, 2.45) is 10.7 Å². The van der Waals surface area contributed by atoms with Crippen molar-refractivity contribution in [1.82, 2.24) is 0 Å². The van der Waals surface area contributed by atoms with Crippen LogP contribution in [0.5, 0.6) is 11.5 Å². The summed E-state index contributed by atoms with van der Waals surface area (Å²) in [6.45, 7) is 0. The van der Waals surface area contributed by atoms with Gasteiger partial charge in [0.25, 0.3) is 0 Å². The molecule has 0 bridgehead atoms. The zero-order chi connectivity index (χ0) is 12.5. The monoisotopic (exact) mass is 238 g/mol. The summed E-state index contributed by atoms with van der Waals surface area (Å²) in [5, 5.41) is 0. The second kappa shape index (κ2) is 4.00. The maximum Gasteiger partial charge on any atom is 0.248 e. The minimum Gasteiger partial charge on any atom is -0.454 e. The number of para-hydroxylation sites is 2. The van der Waals surface area contributed by atoms with E-state index >= 15 is 0 Å². The largest absolute Gasteiger partial charge is 0.454 e. The Morgan fingerprint density at radius 3 is 2.78 bits per heavy atom. The Kier molecular flexibility index (Phi) is 2.34. The van der Waals surface area contributed by atoms with Crippen LogP contribution in [-0.2, 0) is 0 Å². The Labute approximate surface area is 104 Å². The molecule has 0 saturated carbocycles. The number of hydrogen-bond acceptors (Lipinski definition) is 3. The third-order valence-electron chi connectivity index (χ3n) is 2.72. The van der Waals surface area contributed by atoms with Gasteiger partial charge in [-0.25, -0.2) is 0 Å². The maximum absolute atomic E-state index is 11.1. The van der Waals surface area contributed by atoms with Crippen LogP contribution in [-0.4, -0.2) is 12.1 Å². The molecule has 1 aliphatic heterocycles. The molecule has 2 aromatic carbocycles. The van der Waals surface area contributed by atoms with Crippen LogP contribution in [0, 0.1) is 0 Å². The predicted molar refractivity (Wildman–Crippen MR) is 68.7 cm³/mol. The summed E-state index contributed by atoms with van der Waals surface area (Å²) in [4.78, 5) is 15.5. The average molecular weight is 238 g/mol. The zero-order valence-corrected chi connectivity index (χ0v) is 9.46. The lowest BCUT2D eigenvalue weighted by Crippen LogP contribution is -2.11. The molecule has 0 unspecified atom stereocenters. The second-order valence-corrected chi connectivity index (χ2v) is 3.94. The summed E-state index contributed by atoms with van der Waals surface area (Å²) in [7, 11) is 0. The molecular weight excluding hydrogens is 228 g/mol. The van der Waals surface area contributed by atoms with Crippen molar-refractivity contribution in [3.8, 4) is 11.5 Å². The fourth-order valence-corrected chi connectivity index (χ4v) is 1.80. The molecule has 2 aromatic rings. The van der Waals surface area contributed by atoms with Crippen LogP contribution in [0.4, 0.5) is 5.69 Å². The quantitative estimate of drug-likeness (QED) is 0.708. The first-order chi connectivity index (χ1) is 8.74. The Morgan fingerprint density at radius 1 is 1.11 bits per heavy atom. The van der Waals surface area contributed by atoms with Crippen molar-refractivity contribution in [2.75, 3.05) is 0 Å². The second-order valence-electron chi connectivity index (χ2n) is 3.94. The lowest BCUT2D eigenvalue weighted by molar-refractivity contribution is 0.100. The molecule has 0 atom stereocenters. The van der Waals surface area contributed by atoms with E-state index in [1.807, 2.05) is 24.3 Å². The number of ether oxygens (including phenoxy) is 1. The minimum absolute atomic E-state index is 0.440. The van der Waals surface area contributed by atoms with Crippen LogP contribution >= 0.6 is 0 Å². The molecule has 0 aromatic heterocycles. The number of amides is 1. The number of rotatable bonds is 1. The van der Waals surface area contributed by atoms with Gasteiger partial charge in [0.15, 0.2) is 5.75 Å². The van der Waals surface area contributed by atoms with Crippen molar-refractivity contribution in [2.45, 2.75) is 0 Å². The number of benzene rings is 2. The van der Waals surface area contributed by atoms with E-state index in [4.69, 9.17) is 10.5 Å². The number of hydrogen-bond donors (Lipinski definition) is 1. The van der Waals surface area contributed by atoms with Gasteiger partial charge in [-0.05, 0) is 30.3 Å². The minimum atomic E-state index is -0.465. The standard InChI is InChI=1S/C14H10N2O2/c15-14(17)9-5-6-12-10(7-9)8-16-11-3-1-2-4-13(11)18-12/h1-8H,(H2,15,17). The molecule has 0 fully saturated rings. The molecule has 4 heteroatoms. The first-order valence-electron chi connectivity index (χ1n) is 5.49. The van der Waals surface area contributed by atoms with Gasteiger partial charge in [0.1, 0.15) is 11.4 Å². The molecule has 88 valence electrons. The number of nitrogens with two attached hydrogens (primary N) is 1. The molecule has 4 nitrogen and oxygen atoms in total.